The monoisotopic (exact) mass is 355 g/mol. The van der Waals surface area contributed by atoms with Gasteiger partial charge in [0.2, 0.25) is 0 Å². The molecule has 0 aliphatic heterocycles. The van der Waals surface area contributed by atoms with Gasteiger partial charge in [-0.2, -0.15) is 0 Å². The fourth-order valence-corrected chi connectivity index (χ4v) is 1.17. The van der Waals surface area contributed by atoms with Crippen LogP contribution in [0, 0.1) is 5.41 Å². The van der Waals surface area contributed by atoms with Crippen LogP contribution in [0.4, 0.5) is 0 Å². The van der Waals surface area contributed by atoms with Crippen molar-refractivity contribution in [1.82, 2.24) is 10.6 Å². The Kier molecular flexibility index (Phi) is 9.29. The van der Waals surface area contributed by atoms with Crippen molar-refractivity contribution in [1.29, 1.82) is 0 Å². The van der Waals surface area contributed by atoms with E-state index in [2.05, 4.69) is 64.1 Å². The quantitative estimate of drug-likeness (QED) is 0.463. The van der Waals surface area contributed by atoms with Gasteiger partial charge in [-0.25, -0.2) is 0 Å². The molecule has 0 bridgehead atoms. The number of guanidine groups is 1. The van der Waals surface area contributed by atoms with E-state index in [1.54, 1.807) is 0 Å². The lowest BCUT2D eigenvalue weighted by molar-refractivity contribution is 0.384. The highest BCUT2D eigenvalue weighted by molar-refractivity contribution is 14.0. The van der Waals surface area contributed by atoms with E-state index in [9.17, 15) is 0 Å². The predicted molar refractivity (Wildman–Crippen MR) is 88.4 cm³/mol. The highest BCUT2D eigenvalue weighted by Gasteiger charge is 2.12. The third-order valence-corrected chi connectivity index (χ3v) is 1.97. The van der Waals surface area contributed by atoms with Crippen LogP contribution in [0.5, 0.6) is 0 Å². The van der Waals surface area contributed by atoms with Crippen LogP contribution in [0.3, 0.4) is 0 Å². The largest absolute Gasteiger partial charge is 0.357 e. The third kappa shape index (κ3) is 13.9. The summed E-state index contributed by atoms with van der Waals surface area (Å²) < 4.78 is 0. The Morgan fingerprint density at radius 3 is 1.94 bits per heavy atom. The van der Waals surface area contributed by atoms with Crippen molar-refractivity contribution in [3.63, 3.8) is 0 Å². The van der Waals surface area contributed by atoms with Crippen LogP contribution in [0.15, 0.2) is 4.99 Å². The Morgan fingerprint density at radius 2 is 1.59 bits per heavy atom. The molecule has 2 N–H and O–H groups in total. The molecule has 0 aromatic rings. The van der Waals surface area contributed by atoms with E-state index in [1.807, 2.05) is 0 Å². The van der Waals surface area contributed by atoms with Gasteiger partial charge in [-0.3, -0.25) is 4.99 Å². The first-order valence-electron chi connectivity index (χ1n) is 6.20. The van der Waals surface area contributed by atoms with E-state index >= 15 is 0 Å². The van der Waals surface area contributed by atoms with E-state index in [4.69, 9.17) is 0 Å². The molecule has 3 nitrogen and oxygen atoms in total. The summed E-state index contributed by atoms with van der Waals surface area (Å²) in [6.45, 7) is 17.0. The summed E-state index contributed by atoms with van der Waals surface area (Å²) >= 11 is 0. The molecule has 0 saturated heterocycles. The van der Waals surface area contributed by atoms with Gasteiger partial charge < -0.3 is 10.6 Å². The molecule has 104 valence electrons. The zero-order valence-corrected chi connectivity index (χ0v) is 14.8. The molecule has 0 spiro atoms. The lowest BCUT2D eigenvalue weighted by Crippen LogP contribution is -2.47. The maximum atomic E-state index is 4.58. The minimum Gasteiger partial charge on any atom is -0.357 e. The van der Waals surface area contributed by atoms with Gasteiger partial charge in [-0.1, -0.05) is 20.8 Å². The Balaban J connectivity index is 0. The standard InChI is InChI=1S/C13H29N3.HI/c1-8-14-11(16-13(5,6)7)15-10-9-12(2,3)4;/h8-10H2,1-7H3,(H2,14,15,16);1H. The predicted octanol–water partition coefficient (Wildman–Crippen LogP) is 3.39. The van der Waals surface area contributed by atoms with Crippen molar-refractivity contribution >= 4 is 29.9 Å². The van der Waals surface area contributed by atoms with E-state index in [-0.39, 0.29) is 29.5 Å². The fourth-order valence-electron chi connectivity index (χ4n) is 1.17. The molecular weight excluding hydrogens is 325 g/mol. The summed E-state index contributed by atoms with van der Waals surface area (Å²) in [4.78, 5) is 4.58. The normalized spacial score (nSPS) is 13.0. The van der Waals surface area contributed by atoms with Gasteiger partial charge in [-0.15, -0.1) is 24.0 Å². The SMILES string of the molecule is CCNC(=NCCC(C)(C)C)NC(C)(C)C.I. The molecule has 0 amide bonds. The molecule has 0 unspecified atom stereocenters. The summed E-state index contributed by atoms with van der Waals surface area (Å²) in [6, 6.07) is 0. The molecule has 0 radical (unpaired) electrons. The first-order chi connectivity index (χ1) is 7.14. The third-order valence-electron chi connectivity index (χ3n) is 1.97. The minimum atomic E-state index is 0. The van der Waals surface area contributed by atoms with Gasteiger partial charge in [-0.05, 0) is 39.5 Å². The summed E-state index contributed by atoms with van der Waals surface area (Å²) in [5.41, 5.74) is 0.408. The van der Waals surface area contributed by atoms with Crippen LogP contribution in [0.1, 0.15) is 54.9 Å². The van der Waals surface area contributed by atoms with E-state index < -0.39 is 0 Å². The van der Waals surface area contributed by atoms with Crippen LogP contribution in [-0.4, -0.2) is 24.6 Å². The summed E-state index contributed by atoms with van der Waals surface area (Å²) in [5, 5.41) is 6.65. The molecule has 0 fully saturated rings. The smallest absolute Gasteiger partial charge is 0.191 e. The van der Waals surface area contributed by atoms with Gasteiger partial charge in [0.05, 0.1) is 0 Å². The molecule has 0 heterocycles. The number of nitrogens with zero attached hydrogens (tertiary/aromatic N) is 1. The van der Waals surface area contributed by atoms with Crippen LogP contribution < -0.4 is 10.6 Å². The summed E-state index contributed by atoms with van der Waals surface area (Å²) in [5.74, 6) is 0.916. The highest BCUT2D eigenvalue weighted by Crippen LogP contribution is 2.17. The molecule has 0 atom stereocenters. The van der Waals surface area contributed by atoms with Crippen molar-refractivity contribution in [2.45, 2.75) is 60.4 Å². The van der Waals surface area contributed by atoms with Crippen LogP contribution in [0.2, 0.25) is 0 Å². The topological polar surface area (TPSA) is 36.4 Å². The Morgan fingerprint density at radius 1 is 1.06 bits per heavy atom. The number of rotatable bonds is 3. The Labute approximate surface area is 124 Å². The van der Waals surface area contributed by atoms with E-state index in [1.165, 1.54) is 0 Å². The first-order valence-corrected chi connectivity index (χ1v) is 6.20. The van der Waals surface area contributed by atoms with Crippen LogP contribution in [-0.2, 0) is 0 Å². The number of hydrogen-bond donors (Lipinski definition) is 2. The summed E-state index contributed by atoms with van der Waals surface area (Å²) in [6.07, 6.45) is 1.10. The van der Waals surface area contributed by atoms with Gasteiger partial charge in [0, 0.05) is 18.6 Å². The van der Waals surface area contributed by atoms with Crippen molar-refractivity contribution in [2.75, 3.05) is 13.1 Å². The van der Waals surface area contributed by atoms with Gasteiger partial charge in [0.25, 0.3) is 0 Å². The average molecular weight is 355 g/mol. The first kappa shape index (κ1) is 19.3. The van der Waals surface area contributed by atoms with Crippen molar-refractivity contribution in [3.8, 4) is 0 Å². The average Bonchev–Trinajstić information content (AvgIpc) is 1.98. The molecule has 0 aromatic carbocycles. The Bertz CT molecular complexity index is 224. The summed E-state index contributed by atoms with van der Waals surface area (Å²) in [7, 11) is 0. The maximum absolute atomic E-state index is 4.58. The maximum Gasteiger partial charge on any atom is 0.191 e. The van der Waals surface area contributed by atoms with Crippen molar-refractivity contribution < 1.29 is 0 Å². The number of nitrogens with one attached hydrogen (secondary N) is 2. The van der Waals surface area contributed by atoms with Crippen LogP contribution in [0.25, 0.3) is 0 Å². The van der Waals surface area contributed by atoms with Gasteiger partial charge >= 0.3 is 0 Å². The van der Waals surface area contributed by atoms with Gasteiger partial charge in [0.1, 0.15) is 0 Å². The molecule has 0 rings (SSSR count). The molecule has 17 heavy (non-hydrogen) atoms. The number of aliphatic imine (C=N–C) groups is 1. The second-order valence-corrected chi connectivity index (χ2v) is 6.45. The van der Waals surface area contributed by atoms with Gasteiger partial charge in [0.15, 0.2) is 5.96 Å². The zero-order chi connectivity index (χ0) is 12.8. The second kappa shape index (κ2) is 8.16. The molecule has 0 saturated carbocycles. The van der Waals surface area contributed by atoms with Crippen LogP contribution >= 0.6 is 24.0 Å². The minimum absolute atomic E-state index is 0. The lowest BCUT2D eigenvalue weighted by atomic mass is 9.92. The highest BCUT2D eigenvalue weighted by atomic mass is 127. The number of halogens is 1. The van der Waals surface area contributed by atoms with E-state index in [0.29, 0.717) is 5.41 Å². The zero-order valence-electron chi connectivity index (χ0n) is 12.5. The molecular formula is C13H30IN3. The second-order valence-electron chi connectivity index (χ2n) is 6.45. The molecule has 0 aliphatic carbocycles. The van der Waals surface area contributed by atoms with Crippen molar-refractivity contribution in [3.05, 3.63) is 0 Å². The molecule has 0 aliphatic rings. The Hall–Kier alpha value is 0. The van der Waals surface area contributed by atoms with Crippen molar-refractivity contribution in [2.24, 2.45) is 10.4 Å². The lowest BCUT2D eigenvalue weighted by Gasteiger charge is -2.24. The fraction of sp³-hybridized carbons (Fsp3) is 0.923. The van der Waals surface area contributed by atoms with E-state index in [0.717, 1.165) is 25.5 Å². The number of hydrogen-bond acceptors (Lipinski definition) is 1. The molecule has 4 heteroatoms. The molecule has 0 aromatic heterocycles.